The summed E-state index contributed by atoms with van der Waals surface area (Å²) in [7, 11) is 0.721. The van der Waals surface area contributed by atoms with Gasteiger partial charge in [-0.3, -0.25) is 0 Å². The van der Waals surface area contributed by atoms with Gasteiger partial charge in [0.25, 0.3) is 0 Å². The van der Waals surface area contributed by atoms with E-state index >= 15 is 0 Å². The van der Waals surface area contributed by atoms with Crippen LogP contribution in [0.15, 0.2) is 97.1 Å². The van der Waals surface area contributed by atoms with Gasteiger partial charge in [0.1, 0.15) is 23.0 Å². The van der Waals surface area contributed by atoms with E-state index in [4.69, 9.17) is 18.7 Å². The Balaban J connectivity index is 1.54. The first kappa shape index (κ1) is 18.2. The zero-order valence-electron chi connectivity index (χ0n) is 16.4. The van der Waals surface area contributed by atoms with Crippen molar-refractivity contribution in [3.63, 3.8) is 0 Å². The molecular weight excluding hydrogens is 375 g/mol. The second-order valence-corrected chi connectivity index (χ2v) is 6.83. The highest BCUT2D eigenvalue weighted by molar-refractivity contribution is 6.40. The zero-order chi connectivity index (χ0) is 20.3. The van der Waals surface area contributed by atoms with Crippen LogP contribution in [-0.2, 0) is 0 Å². The average Bonchev–Trinajstić information content (AvgIpc) is 2.96. The molecule has 4 aromatic carbocycles. The van der Waals surface area contributed by atoms with E-state index in [0.717, 1.165) is 28.0 Å². The van der Waals surface area contributed by atoms with E-state index in [9.17, 15) is 0 Å². The van der Waals surface area contributed by atoms with Crippen molar-refractivity contribution < 1.29 is 18.7 Å². The molecule has 0 aliphatic carbocycles. The van der Waals surface area contributed by atoms with Gasteiger partial charge < -0.3 is 18.7 Å². The summed E-state index contributed by atoms with van der Waals surface area (Å²) in [6.45, 7) is 0. The highest BCUT2D eigenvalue weighted by atomic mass is 16.7. The van der Waals surface area contributed by atoms with Crippen molar-refractivity contribution in [2.75, 3.05) is 7.11 Å². The molecule has 0 radical (unpaired) electrons. The van der Waals surface area contributed by atoms with Gasteiger partial charge in [0.15, 0.2) is 0 Å². The Kier molecular flexibility index (Phi) is 4.78. The Hall–Kier alpha value is -3.86. The molecule has 0 aromatic heterocycles. The fraction of sp³-hybridized carbons (Fsp3) is 0.0400. The summed E-state index contributed by atoms with van der Waals surface area (Å²) in [5.74, 6) is 2.83. The Morgan fingerprint density at radius 1 is 0.533 bits per heavy atom. The molecule has 146 valence electrons. The number of hydrogen-bond donors (Lipinski definition) is 0. The van der Waals surface area contributed by atoms with Gasteiger partial charge in [-0.25, -0.2) is 0 Å². The minimum absolute atomic E-state index is 0.642. The number of methoxy groups -OCH3 is 1. The van der Waals surface area contributed by atoms with Crippen molar-refractivity contribution in [2.45, 2.75) is 0 Å². The number of benzene rings is 4. The number of hydrogen-bond acceptors (Lipinski definition) is 4. The van der Waals surface area contributed by atoms with E-state index in [-0.39, 0.29) is 0 Å². The normalized spacial score (nSPS) is 12.0. The van der Waals surface area contributed by atoms with Crippen molar-refractivity contribution in [2.24, 2.45) is 0 Å². The van der Waals surface area contributed by atoms with Crippen molar-refractivity contribution in [1.29, 1.82) is 0 Å². The van der Waals surface area contributed by atoms with Crippen LogP contribution in [0.5, 0.6) is 23.0 Å². The van der Waals surface area contributed by atoms with Crippen LogP contribution in [0.3, 0.4) is 0 Å². The molecule has 1 aliphatic heterocycles. The molecule has 1 heterocycles. The Bertz CT molecular complexity index is 1140. The summed E-state index contributed by atoms with van der Waals surface area (Å²) in [5, 5.41) is 0. The van der Waals surface area contributed by atoms with Gasteiger partial charge in [-0.05, 0) is 24.3 Å². The van der Waals surface area contributed by atoms with E-state index in [1.165, 1.54) is 0 Å². The molecule has 0 N–H and O–H groups in total. The van der Waals surface area contributed by atoms with Crippen LogP contribution in [0.25, 0.3) is 22.3 Å². The van der Waals surface area contributed by atoms with Crippen LogP contribution in [0.1, 0.15) is 0 Å². The van der Waals surface area contributed by atoms with E-state index in [1.54, 1.807) is 7.11 Å². The highest BCUT2D eigenvalue weighted by Gasteiger charge is 2.35. The molecule has 0 spiro atoms. The Morgan fingerprint density at radius 3 is 1.53 bits per heavy atom. The predicted octanol–water partition coefficient (Wildman–Crippen LogP) is 5.86. The predicted molar refractivity (Wildman–Crippen MR) is 118 cm³/mol. The van der Waals surface area contributed by atoms with Crippen LogP contribution >= 0.6 is 0 Å². The standard InChI is InChI=1S/C25H19BO4/c1-27-22-14-6-2-10-18(22)19-11-3-7-15-23(19)28-26-29-24-16-8-4-12-20(24)21-13-5-9-17-25(21)30-26/h2-17H,1H3. The Labute approximate surface area is 175 Å². The molecule has 30 heavy (non-hydrogen) atoms. The monoisotopic (exact) mass is 394 g/mol. The third kappa shape index (κ3) is 3.35. The largest absolute Gasteiger partial charge is 0.864 e. The highest BCUT2D eigenvalue weighted by Crippen LogP contribution is 2.41. The van der Waals surface area contributed by atoms with E-state index < -0.39 is 7.32 Å². The molecule has 5 heteroatoms. The zero-order valence-corrected chi connectivity index (χ0v) is 16.4. The van der Waals surface area contributed by atoms with Crippen LogP contribution in [-0.4, -0.2) is 14.4 Å². The molecule has 1 aliphatic rings. The molecule has 4 aromatic rings. The van der Waals surface area contributed by atoms with Gasteiger partial charge in [-0.15, -0.1) is 0 Å². The first-order chi connectivity index (χ1) is 14.8. The summed E-state index contributed by atoms with van der Waals surface area (Å²) in [6.07, 6.45) is 0. The van der Waals surface area contributed by atoms with Gasteiger partial charge in [0.2, 0.25) is 0 Å². The minimum Gasteiger partial charge on any atom is -0.496 e. The number of fused-ring (bicyclic) bond motifs is 3. The fourth-order valence-electron chi connectivity index (χ4n) is 3.63. The van der Waals surface area contributed by atoms with Crippen LogP contribution in [0, 0.1) is 0 Å². The second-order valence-electron chi connectivity index (χ2n) is 6.83. The maximum Gasteiger partial charge on any atom is 0.864 e. The lowest BCUT2D eigenvalue weighted by Crippen LogP contribution is -2.36. The number of ether oxygens (including phenoxy) is 1. The van der Waals surface area contributed by atoms with Crippen molar-refractivity contribution in [1.82, 2.24) is 0 Å². The molecule has 0 saturated heterocycles. The number of rotatable bonds is 4. The topological polar surface area (TPSA) is 36.9 Å². The molecule has 0 saturated carbocycles. The van der Waals surface area contributed by atoms with Gasteiger partial charge >= 0.3 is 7.32 Å². The first-order valence-electron chi connectivity index (χ1n) is 9.74. The summed E-state index contributed by atoms with van der Waals surface area (Å²) < 4.78 is 24.0. The van der Waals surface area contributed by atoms with Crippen LogP contribution in [0.2, 0.25) is 0 Å². The third-order valence-corrected chi connectivity index (χ3v) is 5.02. The molecule has 5 rings (SSSR count). The van der Waals surface area contributed by atoms with E-state index in [1.807, 2.05) is 97.1 Å². The van der Waals surface area contributed by atoms with Crippen LogP contribution in [0.4, 0.5) is 0 Å². The molecular formula is C25H19BO4. The van der Waals surface area contributed by atoms with Crippen molar-refractivity contribution in [3.8, 4) is 45.3 Å². The second kappa shape index (κ2) is 7.87. The molecule has 0 bridgehead atoms. The Morgan fingerprint density at radius 2 is 0.967 bits per heavy atom. The van der Waals surface area contributed by atoms with Gasteiger partial charge in [-0.2, -0.15) is 0 Å². The summed E-state index contributed by atoms with van der Waals surface area (Å²) in [4.78, 5) is 0. The maximum atomic E-state index is 6.23. The lowest BCUT2D eigenvalue weighted by atomic mass is 10.0. The van der Waals surface area contributed by atoms with E-state index in [2.05, 4.69) is 0 Å². The van der Waals surface area contributed by atoms with Crippen molar-refractivity contribution in [3.05, 3.63) is 97.1 Å². The molecule has 0 unspecified atom stereocenters. The van der Waals surface area contributed by atoms with Gasteiger partial charge in [0.05, 0.1) is 7.11 Å². The lowest BCUT2D eigenvalue weighted by molar-refractivity contribution is 0.312. The van der Waals surface area contributed by atoms with Gasteiger partial charge in [0, 0.05) is 22.3 Å². The minimum atomic E-state index is -0.939. The first-order valence-corrected chi connectivity index (χ1v) is 9.74. The fourth-order valence-corrected chi connectivity index (χ4v) is 3.63. The third-order valence-electron chi connectivity index (χ3n) is 5.02. The average molecular weight is 394 g/mol. The van der Waals surface area contributed by atoms with Gasteiger partial charge in [-0.1, -0.05) is 72.8 Å². The number of para-hydroxylation sites is 4. The molecule has 0 fully saturated rings. The smallest absolute Gasteiger partial charge is 0.496 e. The maximum absolute atomic E-state index is 6.23. The molecule has 0 amide bonds. The molecule has 4 nitrogen and oxygen atoms in total. The van der Waals surface area contributed by atoms with E-state index in [0.29, 0.717) is 17.2 Å². The summed E-state index contributed by atoms with van der Waals surface area (Å²) in [5.41, 5.74) is 3.77. The SMILES string of the molecule is COc1ccccc1-c1ccccc1OB1Oc2ccccc2-c2ccccc2O1. The van der Waals surface area contributed by atoms with Crippen molar-refractivity contribution >= 4 is 7.32 Å². The summed E-state index contributed by atoms with van der Waals surface area (Å²) in [6, 6.07) is 31.3. The quantitative estimate of drug-likeness (QED) is 0.406. The van der Waals surface area contributed by atoms with Crippen LogP contribution < -0.4 is 18.7 Å². The molecule has 0 atom stereocenters. The summed E-state index contributed by atoms with van der Waals surface area (Å²) >= 11 is 0. The lowest BCUT2D eigenvalue weighted by Gasteiger charge is -2.17.